The minimum Gasteiger partial charge on any atom is -0.493 e. The Labute approximate surface area is 186 Å². The molecule has 1 unspecified atom stereocenters. The number of carbonyl (C=O) groups is 1. The highest BCUT2D eigenvalue weighted by Crippen LogP contribution is 2.39. The van der Waals surface area contributed by atoms with Crippen LogP contribution in [0.4, 0.5) is 10.5 Å². The Morgan fingerprint density at radius 2 is 1.71 bits per heavy atom. The SMILES string of the molecule is CCNC(=NCC(C)CN(C)C(=O)OC(C)(C)C)Nc1cc(OC)c(OC)c(OC)c1. The highest BCUT2D eigenvalue weighted by Gasteiger charge is 2.21. The fraction of sp³-hybridized carbons (Fsp3) is 0.636. The van der Waals surface area contributed by atoms with Crippen LogP contribution in [0.1, 0.15) is 34.6 Å². The average Bonchev–Trinajstić information content (AvgIpc) is 2.69. The van der Waals surface area contributed by atoms with Gasteiger partial charge in [0.2, 0.25) is 5.75 Å². The average molecular weight is 439 g/mol. The third-order valence-electron chi connectivity index (χ3n) is 4.12. The molecule has 0 bridgehead atoms. The van der Waals surface area contributed by atoms with Gasteiger partial charge in [0.05, 0.1) is 21.3 Å². The summed E-state index contributed by atoms with van der Waals surface area (Å²) in [7, 11) is 6.44. The first kappa shape index (κ1) is 26.2. The van der Waals surface area contributed by atoms with Crippen molar-refractivity contribution in [2.45, 2.75) is 40.2 Å². The number of methoxy groups -OCH3 is 3. The molecule has 0 aliphatic carbocycles. The van der Waals surface area contributed by atoms with E-state index in [9.17, 15) is 4.79 Å². The molecule has 0 fully saturated rings. The Morgan fingerprint density at radius 3 is 2.16 bits per heavy atom. The van der Waals surface area contributed by atoms with E-state index in [0.717, 1.165) is 5.69 Å². The van der Waals surface area contributed by atoms with Crippen LogP contribution in [-0.2, 0) is 4.74 Å². The third-order valence-corrected chi connectivity index (χ3v) is 4.12. The quantitative estimate of drug-likeness (QED) is 0.449. The minimum atomic E-state index is -0.519. The number of amides is 1. The largest absolute Gasteiger partial charge is 0.493 e. The number of aliphatic imine (C=N–C) groups is 1. The Kier molecular flexibility index (Phi) is 10.2. The summed E-state index contributed by atoms with van der Waals surface area (Å²) >= 11 is 0. The molecule has 0 saturated carbocycles. The third kappa shape index (κ3) is 8.82. The summed E-state index contributed by atoms with van der Waals surface area (Å²) in [6, 6.07) is 3.63. The van der Waals surface area contributed by atoms with Crippen LogP contribution in [0.3, 0.4) is 0 Å². The summed E-state index contributed by atoms with van der Waals surface area (Å²) in [5.41, 5.74) is 0.225. The van der Waals surface area contributed by atoms with Crippen molar-refractivity contribution >= 4 is 17.7 Å². The number of rotatable bonds is 9. The molecule has 0 aliphatic heterocycles. The molecule has 0 spiro atoms. The molecule has 0 saturated heterocycles. The number of hydrogen-bond donors (Lipinski definition) is 2. The van der Waals surface area contributed by atoms with Crippen LogP contribution in [0.5, 0.6) is 17.2 Å². The monoisotopic (exact) mass is 438 g/mol. The van der Waals surface area contributed by atoms with E-state index in [1.165, 1.54) is 0 Å². The van der Waals surface area contributed by atoms with Gasteiger partial charge < -0.3 is 34.5 Å². The molecule has 176 valence electrons. The van der Waals surface area contributed by atoms with E-state index in [-0.39, 0.29) is 12.0 Å². The van der Waals surface area contributed by atoms with Crippen LogP contribution >= 0.6 is 0 Å². The topological polar surface area (TPSA) is 93.7 Å². The van der Waals surface area contributed by atoms with Crippen LogP contribution in [0.15, 0.2) is 17.1 Å². The molecule has 9 nitrogen and oxygen atoms in total. The number of nitrogens with zero attached hydrogens (tertiary/aromatic N) is 2. The maximum absolute atomic E-state index is 12.2. The molecule has 0 aliphatic rings. The van der Waals surface area contributed by atoms with Crippen molar-refractivity contribution in [1.29, 1.82) is 0 Å². The fourth-order valence-corrected chi connectivity index (χ4v) is 2.78. The lowest BCUT2D eigenvalue weighted by Crippen LogP contribution is -2.37. The molecule has 0 aromatic heterocycles. The zero-order valence-electron chi connectivity index (χ0n) is 20.3. The van der Waals surface area contributed by atoms with Crippen LogP contribution < -0.4 is 24.8 Å². The van der Waals surface area contributed by atoms with Gasteiger partial charge in [-0.15, -0.1) is 0 Å². The van der Waals surface area contributed by atoms with Gasteiger partial charge in [0, 0.05) is 44.5 Å². The number of ether oxygens (including phenoxy) is 4. The molecule has 0 radical (unpaired) electrons. The summed E-state index contributed by atoms with van der Waals surface area (Å²) in [6.07, 6.45) is -0.342. The molecule has 1 aromatic carbocycles. The number of anilines is 1. The van der Waals surface area contributed by atoms with Crippen molar-refractivity contribution in [3.05, 3.63) is 12.1 Å². The first-order valence-corrected chi connectivity index (χ1v) is 10.3. The second-order valence-electron chi connectivity index (χ2n) is 8.22. The van der Waals surface area contributed by atoms with Crippen molar-refractivity contribution in [1.82, 2.24) is 10.2 Å². The van der Waals surface area contributed by atoms with Gasteiger partial charge in [-0.3, -0.25) is 4.99 Å². The first-order chi connectivity index (χ1) is 14.5. The standard InChI is InChI=1S/C22H38N4O5/c1-10-23-20(24-13-15(2)14-26(6)21(27)31-22(3,4)5)25-16-11-17(28-7)19(30-9)18(12-16)29-8/h11-12,15H,10,13-14H2,1-9H3,(H2,23,24,25). The van der Waals surface area contributed by atoms with E-state index in [0.29, 0.717) is 42.8 Å². The molecule has 0 heterocycles. The Balaban J connectivity index is 2.87. The zero-order chi connectivity index (χ0) is 23.6. The summed E-state index contributed by atoms with van der Waals surface area (Å²) in [5.74, 6) is 2.37. The van der Waals surface area contributed by atoms with Gasteiger partial charge in [-0.05, 0) is 33.6 Å². The van der Waals surface area contributed by atoms with E-state index in [4.69, 9.17) is 18.9 Å². The molecule has 2 N–H and O–H groups in total. The van der Waals surface area contributed by atoms with Crippen molar-refractivity contribution in [2.24, 2.45) is 10.9 Å². The van der Waals surface area contributed by atoms with E-state index in [1.807, 2.05) is 46.8 Å². The zero-order valence-corrected chi connectivity index (χ0v) is 20.3. The summed E-state index contributed by atoms with van der Waals surface area (Å²) < 4.78 is 21.6. The summed E-state index contributed by atoms with van der Waals surface area (Å²) in [5, 5.41) is 6.48. The Hall–Kier alpha value is -2.84. The Bertz CT molecular complexity index is 721. The number of benzene rings is 1. The van der Waals surface area contributed by atoms with Gasteiger partial charge in [0.1, 0.15) is 5.60 Å². The van der Waals surface area contributed by atoms with E-state index in [1.54, 1.807) is 33.3 Å². The lowest BCUT2D eigenvalue weighted by molar-refractivity contribution is 0.0279. The predicted octanol–water partition coefficient (Wildman–Crippen LogP) is 3.59. The lowest BCUT2D eigenvalue weighted by atomic mass is 10.2. The van der Waals surface area contributed by atoms with Gasteiger partial charge in [0.25, 0.3) is 0 Å². The molecular formula is C22H38N4O5. The molecule has 1 rings (SSSR count). The second kappa shape index (κ2) is 12.1. The van der Waals surface area contributed by atoms with E-state index in [2.05, 4.69) is 15.6 Å². The molecule has 1 atom stereocenters. The fourth-order valence-electron chi connectivity index (χ4n) is 2.78. The molecule has 1 aromatic rings. The lowest BCUT2D eigenvalue weighted by Gasteiger charge is -2.26. The first-order valence-electron chi connectivity index (χ1n) is 10.3. The van der Waals surface area contributed by atoms with Gasteiger partial charge in [-0.25, -0.2) is 4.79 Å². The summed E-state index contributed by atoms with van der Waals surface area (Å²) in [4.78, 5) is 18.4. The minimum absolute atomic E-state index is 0.132. The number of hydrogen-bond acceptors (Lipinski definition) is 6. The normalized spacial score (nSPS) is 12.6. The number of carbonyl (C=O) groups excluding carboxylic acids is 1. The van der Waals surface area contributed by atoms with Gasteiger partial charge in [-0.1, -0.05) is 6.92 Å². The van der Waals surface area contributed by atoms with Crippen molar-refractivity contribution in [3.8, 4) is 17.2 Å². The van der Waals surface area contributed by atoms with Crippen molar-refractivity contribution < 1.29 is 23.7 Å². The van der Waals surface area contributed by atoms with Crippen LogP contribution in [-0.4, -0.2) is 70.6 Å². The predicted molar refractivity (Wildman–Crippen MR) is 124 cm³/mol. The van der Waals surface area contributed by atoms with Crippen molar-refractivity contribution in [3.63, 3.8) is 0 Å². The summed E-state index contributed by atoms with van der Waals surface area (Å²) in [6.45, 7) is 11.3. The smallest absolute Gasteiger partial charge is 0.410 e. The van der Waals surface area contributed by atoms with Gasteiger partial charge in [-0.2, -0.15) is 0 Å². The molecule has 9 heteroatoms. The van der Waals surface area contributed by atoms with E-state index >= 15 is 0 Å². The molecular weight excluding hydrogens is 400 g/mol. The Morgan fingerprint density at radius 1 is 1.13 bits per heavy atom. The maximum atomic E-state index is 12.2. The number of guanidine groups is 1. The second-order valence-corrected chi connectivity index (χ2v) is 8.22. The van der Waals surface area contributed by atoms with E-state index < -0.39 is 5.60 Å². The van der Waals surface area contributed by atoms with Crippen LogP contribution in [0.25, 0.3) is 0 Å². The molecule has 1 amide bonds. The van der Waals surface area contributed by atoms with Gasteiger partial charge >= 0.3 is 6.09 Å². The van der Waals surface area contributed by atoms with Crippen molar-refractivity contribution in [2.75, 3.05) is 53.3 Å². The molecule has 31 heavy (non-hydrogen) atoms. The highest BCUT2D eigenvalue weighted by atomic mass is 16.6. The van der Waals surface area contributed by atoms with Crippen LogP contribution in [0, 0.1) is 5.92 Å². The maximum Gasteiger partial charge on any atom is 0.410 e. The van der Waals surface area contributed by atoms with Gasteiger partial charge in [0.15, 0.2) is 17.5 Å². The number of nitrogens with one attached hydrogen (secondary N) is 2. The highest BCUT2D eigenvalue weighted by molar-refractivity contribution is 5.94. The van der Waals surface area contributed by atoms with Crippen LogP contribution in [0.2, 0.25) is 0 Å².